The average molecular weight is 258 g/mol. The van der Waals surface area contributed by atoms with Crippen molar-refractivity contribution in [2.24, 2.45) is 5.92 Å². The Hall–Kier alpha value is -1.82. The van der Waals surface area contributed by atoms with E-state index in [1.165, 1.54) is 24.6 Å². The molecule has 3 aliphatic rings. The van der Waals surface area contributed by atoms with E-state index in [-0.39, 0.29) is 0 Å². The van der Waals surface area contributed by atoms with Crippen molar-refractivity contribution in [2.75, 3.05) is 0 Å². The van der Waals surface area contributed by atoms with E-state index in [4.69, 9.17) is 0 Å². The van der Waals surface area contributed by atoms with Crippen LogP contribution in [0.1, 0.15) is 41.4 Å². The number of hydrogen-bond acceptors (Lipinski definition) is 0. The summed E-state index contributed by atoms with van der Waals surface area (Å²) in [7, 11) is 0. The van der Waals surface area contributed by atoms with Gasteiger partial charge >= 0.3 is 0 Å². The zero-order valence-corrected chi connectivity index (χ0v) is 11.5. The van der Waals surface area contributed by atoms with Crippen molar-refractivity contribution in [1.29, 1.82) is 0 Å². The van der Waals surface area contributed by atoms with E-state index in [2.05, 4.69) is 54.6 Å². The summed E-state index contributed by atoms with van der Waals surface area (Å²) >= 11 is 0. The minimum atomic E-state index is 0.613. The fourth-order valence-electron chi connectivity index (χ4n) is 4.69. The maximum absolute atomic E-state index is 2.43. The molecule has 3 atom stereocenters. The third kappa shape index (κ3) is 1.32. The van der Waals surface area contributed by atoms with Crippen LogP contribution in [-0.4, -0.2) is 0 Å². The number of hydrogen-bond donors (Lipinski definition) is 0. The molecular formula is C20H18. The molecule has 98 valence electrons. The normalized spacial score (nSPS) is 29.5. The van der Waals surface area contributed by atoms with E-state index in [0.717, 1.165) is 11.8 Å². The number of rotatable bonds is 0. The zero-order valence-electron chi connectivity index (χ0n) is 11.5. The van der Waals surface area contributed by atoms with Crippen LogP contribution in [0.25, 0.3) is 10.8 Å². The lowest BCUT2D eigenvalue weighted by atomic mass is 9.64. The van der Waals surface area contributed by atoms with Crippen LogP contribution in [0.15, 0.2) is 54.6 Å². The molecule has 3 unspecified atom stereocenters. The van der Waals surface area contributed by atoms with Crippen molar-refractivity contribution in [3.63, 3.8) is 0 Å². The zero-order chi connectivity index (χ0) is 13.1. The number of fused-ring (bicyclic) bond motifs is 2. The van der Waals surface area contributed by atoms with Crippen molar-refractivity contribution in [3.8, 4) is 0 Å². The van der Waals surface area contributed by atoms with Gasteiger partial charge in [-0.25, -0.2) is 0 Å². The third-order valence-corrected chi connectivity index (χ3v) is 5.54. The van der Waals surface area contributed by atoms with E-state index in [0.29, 0.717) is 5.92 Å². The minimum Gasteiger partial charge on any atom is -0.0805 e. The molecule has 0 heterocycles. The molecule has 0 saturated heterocycles. The molecule has 20 heavy (non-hydrogen) atoms. The third-order valence-electron chi connectivity index (χ3n) is 5.54. The first-order valence-corrected chi connectivity index (χ1v) is 7.81. The lowest BCUT2D eigenvalue weighted by Crippen LogP contribution is -2.25. The molecule has 0 N–H and O–H groups in total. The maximum atomic E-state index is 2.43. The van der Waals surface area contributed by atoms with Crippen LogP contribution in [0.3, 0.4) is 0 Å². The SMILES string of the molecule is C1=CC2CC3CCc4cccc5ccc(c3c45)C2C=C1. The van der Waals surface area contributed by atoms with Gasteiger partial charge in [0.05, 0.1) is 0 Å². The predicted octanol–water partition coefficient (Wildman–Crippen LogP) is 5.10. The van der Waals surface area contributed by atoms with Gasteiger partial charge in [-0.1, -0.05) is 54.6 Å². The summed E-state index contributed by atoms with van der Waals surface area (Å²) in [5, 5.41) is 3.03. The summed E-state index contributed by atoms with van der Waals surface area (Å²) in [5.74, 6) is 2.11. The van der Waals surface area contributed by atoms with Crippen LogP contribution in [0.5, 0.6) is 0 Å². The first-order valence-electron chi connectivity index (χ1n) is 7.81. The van der Waals surface area contributed by atoms with Crippen LogP contribution in [0, 0.1) is 5.92 Å². The van der Waals surface area contributed by atoms with Crippen molar-refractivity contribution >= 4 is 10.8 Å². The molecule has 5 rings (SSSR count). The second-order valence-corrected chi connectivity index (χ2v) is 6.51. The quantitative estimate of drug-likeness (QED) is 0.616. The Balaban J connectivity index is 1.86. The van der Waals surface area contributed by atoms with Gasteiger partial charge in [0.1, 0.15) is 0 Å². The monoisotopic (exact) mass is 258 g/mol. The number of aryl methyl sites for hydroxylation is 1. The molecule has 2 aromatic rings. The van der Waals surface area contributed by atoms with E-state index in [1.807, 2.05) is 0 Å². The molecule has 0 bridgehead atoms. The molecule has 0 aromatic heterocycles. The summed E-state index contributed by atoms with van der Waals surface area (Å²) in [6, 6.07) is 11.6. The molecule has 3 aliphatic carbocycles. The van der Waals surface area contributed by atoms with Crippen LogP contribution >= 0.6 is 0 Å². The van der Waals surface area contributed by atoms with Crippen molar-refractivity contribution in [2.45, 2.75) is 31.1 Å². The van der Waals surface area contributed by atoms with Gasteiger partial charge in [-0.15, -0.1) is 0 Å². The Morgan fingerprint density at radius 2 is 1.90 bits per heavy atom. The van der Waals surface area contributed by atoms with Gasteiger partial charge in [0.2, 0.25) is 0 Å². The van der Waals surface area contributed by atoms with Crippen LogP contribution < -0.4 is 0 Å². The summed E-state index contributed by atoms with van der Waals surface area (Å²) in [4.78, 5) is 0. The highest BCUT2D eigenvalue weighted by molar-refractivity contribution is 5.91. The highest BCUT2D eigenvalue weighted by atomic mass is 14.4. The number of allylic oxidation sites excluding steroid dienone is 4. The standard InChI is InChI=1S/C20H18/c1-2-7-17-15(4-1)12-16-9-8-13-5-3-6-14-10-11-18(17)20(16)19(13)14/h1-7,10-11,15-17H,8-9,12H2. The molecular weight excluding hydrogens is 240 g/mol. The lowest BCUT2D eigenvalue weighted by molar-refractivity contribution is 0.414. The average Bonchev–Trinajstić information content (AvgIpc) is 2.52. The molecule has 0 amide bonds. The van der Waals surface area contributed by atoms with Crippen molar-refractivity contribution in [1.82, 2.24) is 0 Å². The highest BCUT2D eigenvalue weighted by Crippen LogP contribution is 2.51. The predicted molar refractivity (Wildman–Crippen MR) is 84.1 cm³/mol. The Kier molecular flexibility index (Phi) is 2.10. The lowest BCUT2D eigenvalue weighted by Gasteiger charge is -2.40. The number of benzene rings is 2. The van der Waals surface area contributed by atoms with E-state index in [9.17, 15) is 0 Å². The van der Waals surface area contributed by atoms with Gasteiger partial charge in [-0.2, -0.15) is 0 Å². The van der Waals surface area contributed by atoms with Crippen LogP contribution in [0.2, 0.25) is 0 Å². The van der Waals surface area contributed by atoms with E-state index < -0.39 is 0 Å². The molecule has 0 saturated carbocycles. The molecule has 0 radical (unpaired) electrons. The van der Waals surface area contributed by atoms with Gasteiger partial charge in [-0.3, -0.25) is 0 Å². The first-order chi connectivity index (χ1) is 9.92. The molecule has 0 spiro atoms. The molecule has 0 aliphatic heterocycles. The summed E-state index contributed by atoms with van der Waals surface area (Å²) in [5.41, 5.74) is 4.86. The maximum Gasteiger partial charge on any atom is 0.00873 e. The van der Waals surface area contributed by atoms with Gasteiger partial charge in [0, 0.05) is 5.92 Å². The topological polar surface area (TPSA) is 0 Å². The summed E-state index contributed by atoms with van der Waals surface area (Å²) in [6.45, 7) is 0. The fraction of sp³-hybridized carbons (Fsp3) is 0.300. The Morgan fingerprint density at radius 3 is 2.90 bits per heavy atom. The van der Waals surface area contributed by atoms with Gasteiger partial charge < -0.3 is 0 Å². The van der Waals surface area contributed by atoms with Crippen LogP contribution in [0.4, 0.5) is 0 Å². The van der Waals surface area contributed by atoms with E-state index in [1.54, 1.807) is 22.1 Å². The summed E-state index contributed by atoms with van der Waals surface area (Å²) < 4.78 is 0. The molecule has 0 heteroatoms. The molecule has 0 nitrogen and oxygen atoms in total. The fourth-order valence-corrected chi connectivity index (χ4v) is 4.69. The van der Waals surface area contributed by atoms with Gasteiger partial charge in [-0.05, 0) is 58.6 Å². The largest absolute Gasteiger partial charge is 0.0805 e. The Morgan fingerprint density at radius 1 is 0.950 bits per heavy atom. The second-order valence-electron chi connectivity index (χ2n) is 6.51. The second kappa shape index (κ2) is 3.85. The first kappa shape index (κ1) is 10.9. The molecule has 2 aromatic carbocycles. The summed E-state index contributed by atoms with van der Waals surface area (Å²) in [6.07, 6.45) is 13.2. The van der Waals surface area contributed by atoms with Gasteiger partial charge in [0.15, 0.2) is 0 Å². The van der Waals surface area contributed by atoms with Crippen LogP contribution in [-0.2, 0) is 6.42 Å². The van der Waals surface area contributed by atoms with Crippen molar-refractivity contribution in [3.05, 3.63) is 71.3 Å². The minimum absolute atomic E-state index is 0.613. The van der Waals surface area contributed by atoms with E-state index >= 15 is 0 Å². The van der Waals surface area contributed by atoms with Gasteiger partial charge in [0.25, 0.3) is 0 Å². The Bertz CT molecular complexity index is 763. The molecule has 0 fully saturated rings. The highest BCUT2D eigenvalue weighted by Gasteiger charge is 2.36. The van der Waals surface area contributed by atoms with Crippen molar-refractivity contribution < 1.29 is 0 Å². The Labute approximate surface area is 119 Å². The smallest absolute Gasteiger partial charge is 0.00873 e.